The number of hydrogen-bond donors (Lipinski definition) is 0. The molecule has 2 aliphatic heterocycles. The average molecular weight is 272 g/mol. The van der Waals surface area contributed by atoms with Crippen molar-refractivity contribution in [3.8, 4) is 0 Å². The predicted molar refractivity (Wildman–Crippen MR) is 77.8 cm³/mol. The molecule has 2 unspecified atom stereocenters. The number of Topliss-reactive ketones (excluding diaryl/α,β-unsaturated/α-hetero) is 1. The van der Waals surface area contributed by atoms with Crippen LogP contribution in [0.2, 0.25) is 0 Å². The molecule has 0 saturated carbocycles. The lowest BCUT2D eigenvalue weighted by Gasteiger charge is -2.47. The van der Waals surface area contributed by atoms with Gasteiger partial charge in [-0.25, -0.2) is 4.98 Å². The van der Waals surface area contributed by atoms with Crippen molar-refractivity contribution in [2.75, 3.05) is 4.90 Å². The Morgan fingerprint density at radius 3 is 2.79 bits per heavy atom. The van der Waals surface area contributed by atoms with Gasteiger partial charge in [0.2, 0.25) is 0 Å². The number of aromatic nitrogens is 1. The van der Waals surface area contributed by atoms with Gasteiger partial charge < -0.3 is 4.90 Å². The van der Waals surface area contributed by atoms with Crippen LogP contribution in [0.15, 0.2) is 23.7 Å². The topological polar surface area (TPSA) is 33.2 Å². The Balaban J connectivity index is 1.75. The van der Waals surface area contributed by atoms with Crippen LogP contribution in [-0.4, -0.2) is 22.9 Å². The van der Waals surface area contributed by atoms with Crippen LogP contribution in [-0.2, 0) is 4.79 Å². The number of thiazole rings is 1. The highest BCUT2D eigenvalue weighted by molar-refractivity contribution is 7.16. The van der Waals surface area contributed by atoms with Crippen LogP contribution in [0.25, 0.3) is 10.2 Å². The molecule has 0 radical (unpaired) electrons. The standard InChI is InChI=1S/C15H16N2OS/c18-13-6-10-2-1-3-11(7-13)17(10)12-4-5-14-15(8-12)19-9-16-14/h4-5,8-11H,1-3,6-7H2. The lowest BCUT2D eigenvalue weighted by molar-refractivity contribution is -0.121. The number of rotatable bonds is 1. The minimum atomic E-state index is 0.422. The van der Waals surface area contributed by atoms with E-state index in [0.717, 1.165) is 31.2 Å². The maximum atomic E-state index is 11.8. The smallest absolute Gasteiger partial charge is 0.137 e. The molecule has 1 aromatic heterocycles. The second-order valence-corrected chi connectivity index (χ2v) is 6.48. The summed E-state index contributed by atoms with van der Waals surface area (Å²) in [5, 5.41) is 0. The number of hydrogen-bond acceptors (Lipinski definition) is 4. The van der Waals surface area contributed by atoms with Gasteiger partial charge in [-0.2, -0.15) is 0 Å². The molecule has 2 bridgehead atoms. The summed E-state index contributed by atoms with van der Waals surface area (Å²) in [4.78, 5) is 18.6. The summed E-state index contributed by atoms with van der Waals surface area (Å²) in [5.41, 5.74) is 4.25. The van der Waals surface area contributed by atoms with Crippen LogP contribution in [0.4, 0.5) is 5.69 Å². The molecule has 2 saturated heterocycles. The number of anilines is 1. The molecule has 0 N–H and O–H groups in total. The lowest BCUT2D eigenvalue weighted by atomic mass is 9.83. The molecule has 1 aromatic carbocycles. The van der Waals surface area contributed by atoms with E-state index in [1.54, 1.807) is 11.3 Å². The van der Waals surface area contributed by atoms with Crippen molar-refractivity contribution in [3.05, 3.63) is 23.7 Å². The number of piperidine rings is 2. The van der Waals surface area contributed by atoms with Gasteiger partial charge in [0.1, 0.15) is 5.78 Å². The van der Waals surface area contributed by atoms with Gasteiger partial charge in [0.25, 0.3) is 0 Å². The second-order valence-electron chi connectivity index (χ2n) is 5.60. The van der Waals surface area contributed by atoms with E-state index in [1.807, 2.05) is 5.51 Å². The van der Waals surface area contributed by atoms with E-state index in [0.29, 0.717) is 17.9 Å². The van der Waals surface area contributed by atoms with E-state index in [4.69, 9.17) is 0 Å². The van der Waals surface area contributed by atoms with Crippen molar-refractivity contribution in [1.29, 1.82) is 0 Å². The third-order valence-electron chi connectivity index (χ3n) is 4.40. The molecule has 0 spiro atoms. The summed E-state index contributed by atoms with van der Waals surface area (Å²) in [6, 6.07) is 7.36. The quantitative estimate of drug-likeness (QED) is 0.798. The Bertz CT molecular complexity index is 620. The number of carbonyl (C=O) groups excluding carboxylic acids is 1. The first-order valence-corrected chi connectivity index (χ1v) is 7.82. The zero-order valence-corrected chi connectivity index (χ0v) is 11.5. The van der Waals surface area contributed by atoms with Crippen LogP contribution in [0.3, 0.4) is 0 Å². The Morgan fingerprint density at radius 2 is 2.00 bits per heavy atom. The predicted octanol–water partition coefficient (Wildman–Crippen LogP) is 3.39. The molecular weight excluding hydrogens is 256 g/mol. The van der Waals surface area contributed by atoms with E-state index >= 15 is 0 Å². The fourth-order valence-electron chi connectivity index (χ4n) is 3.60. The number of benzene rings is 1. The van der Waals surface area contributed by atoms with Gasteiger partial charge in [-0.15, -0.1) is 11.3 Å². The van der Waals surface area contributed by atoms with E-state index < -0.39 is 0 Å². The van der Waals surface area contributed by atoms with E-state index in [2.05, 4.69) is 28.1 Å². The molecule has 3 nitrogen and oxygen atoms in total. The molecule has 4 rings (SSSR count). The van der Waals surface area contributed by atoms with Gasteiger partial charge >= 0.3 is 0 Å². The summed E-state index contributed by atoms with van der Waals surface area (Å²) in [5.74, 6) is 0.449. The molecule has 98 valence electrons. The van der Waals surface area contributed by atoms with Crippen molar-refractivity contribution in [3.63, 3.8) is 0 Å². The van der Waals surface area contributed by atoms with E-state index in [-0.39, 0.29) is 0 Å². The molecule has 2 aliphatic rings. The van der Waals surface area contributed by atoms with Crippen molar-refractivity contribution in [2.45, 2.75) is 44.2 Å². The zero-order valence-electron chi connectivity index (χ0n) is 10.7. The minimum absolute atomic E-state index is 0.422. The third-order valence-corrected chi connectivity index (χ3v) is 5.19. The largest absolute Gasteiger partial charge is 0.365 e. The highest BCUT2D eigenvalue weighted by atomic mass is 32.1. The molecular formula is C15H16N2OS. The van der Waals surface area contributed by atoms with Crippen molar-refractivity contribution < 1.29 is 4.79 Å². The summed E-state index contributed by atoms with van der Waals surface area (Å²) >= 11 is 1.69. The highest BCUT2D eigenvalue weighted by Crippen LogP contribution is 2.37. The summed E-state index contributed by atoms with van der Waals surface area (Å²) in [6.45, 7) is 0. The zero-order chi connectivity index (χ0) is 12.8. The van der Waals surface area contributed by atoms with E-state index in [9.17, 15) is 4.79 Å². The SMILES string of the molecule is O=C1CC2CCCC(C1)N2c1ccc2ncsc2c1. The molecule has 2 aromatic rings. The van der Waals surface area contributed by atoms with Crippen LogP contribution in [0.5, 0.6) is 0 Å². The van der Waals surface area contributed by atoms with Crippen LogP contribution in [0, 0.1) is 0 Å². The molecule has 0 aliphatic carbocycles. The van der Waals surface area contributed by atoms with E-state index in [1.165, 1.54) is 16.8 Å². The number of carbonyl (C=O) groups is 1. The Labute approximate surface area is 116 Å². The molecule has 3 heterocycles. The summed E-state index contributed by atoms with van der Waals surface area (Å²) in [7, 11) is 0. The highest BCUT2D eigenvalue weighted by Gasteiger charge is 2.37. The maximum Gasteiger partial charge on any atom is 0.137 e. The Morgan fingerprint density at radius 1 is 1.21 bits per heavy atom. The monoisotopic (exact) mass is 272 g/mol. The fraction of sp³-hybridized carbons (Fsp3) is 0.467. The first-order chi connectivity index (χ1) is 9.31. The first-order valence-electron chi connectivity index (χ1n) is 6.94. The van der Waals surface area contributed by atoms with Crippen molar-refractivity contribution in [2.24, 2.45) is 0 Å². The normalized spacial score (nSPS) is 26.9. The fourth-order valence-corrected chi connectivity index (χ4v) is 4.31. The Hall–Kier alpha value is -1.42. The number of nitrogens with zero attached hydrogens (tertiary/aromatic N) is 2. The van der Waals surface area contributed by atoms with Crippen LogP contribution < -0.4 is 4.90 Å². The number of ketones is 1. The summed E-state index contributed by atoms with van der Waals surface area (Å²) < 4.78 is 1.24. The average Bonchev–Trinajstić information content (AvgIpc) is 2.84. The molecule has 0 amide bonds. The van der Waals surface area contributed by atoms with Gasteiger partial charge in [-0.05, 0) is 37.5 Å². The third kappa shape index (κ3) is 1.86. The van der Waals surface area contributed by atoms with Gasteiger partial charge in [-0.3, -0.25) is 4.79 Å². The molecule has 2 atom stereocenters. The molecule has 19 heavy (non-hydrogen) atoms. The van der Waals surface area contributed by atoms with Gasteiger partial charge in [0.15, 0.2) is 0 Å². The van der Waals surface area contributed by atoms with Gasteiger partial charge in [0.05, 0.1) is 15.7 Å². The summed E-state index contributed by atoms with van der Waals surface area (Å²) in [6.07, 6.45) is 5.04. The maximum absolute atomic E-state index is 11.8. The molecule has 4 heteroatoms. The van der Waals surface area contributed by atoms with Crippen LogP contribution >= 0.6 is 11.3 Å². The van der Waals surface area contributed by atoms with Gasteiger partial charge in [0, 0.05) is 30.6 Å². The van der Waals surface area contributed by atoms with Gasteiger partial charge in [-0.1, -0.05) is 0 Å². The molecule has 2 fully saturated rings. The van der Waals surface area contributed by atoms with Crippen LogP contribution in [0.1, 0.15) is 32.1 Å². The Kier molecular flexibility index (Phi) is 2.58. The van der Waals surface area contributed by atoms with Crippen molar-refractivity contribution >= 4 is 33.0 Å². The second kappa shape index (κ2) is 4.30. The van der Waals surface area contributed by atoms with Crippen molar-refractivity contribution in [1.82, 2.24) is 4.98 Å². The lowest BCUT2D eigenvalue weighted by Crippen LogP contribution is -2.52. The number of fused-ring (bicyclic) bond motifs is 3. The first kappa shape index (κ1) is 11.4. The minimum Gasteiger partial charge on any atom is -0.365 e.